The number of nitrogens with zero attached hydrogens (tertiary/aromatic N) is 1. The van der Waals surface area contributed by atoms with Gasteiger partial charge in [-0.25, -0.2) is 21.6 Å². The minimum atomic E-state index is -3.81. The molecule has 0 aliphatic carbocycles. The topological polar surface area (TPSA) is 113 Å². The number of carbonyl (C=O) groups is 1. The van der Waals surface area contributed by atoms with Crippen molar-refractivity contribution in [1.29, 1.82) is 0 Å². The van der Waals surface area contributed by atoms with Crippen LogP contribution in [0.4, 0.5) is 0 Å². The Kier molecular flexibility index (Phi) is 6.68. The first-order valence-corrected chi connectivity index (χ1v) is 12.2. The van der Waals surface area contributed by atoms with Gasteiger partial charge in [0, 0.05) is 31.7 Å². The molecule has 1 fully saturated rings. The lowest BCUT2D eigenvalue weighted by molar-refractivity contribution is 0.0954. The molecule has 3 rings (SSSR count). The molecule has 2 aromatic rings. The van der Waals surface area contributed by atoms with E-state index in [2.05, 4.69) is 10.0 Å². The molecule has 8 nitrogen and oxygen atoms in total. The van der Waals surface area contributed by atoms with Gasteiger partial charge in [-0.1, -0.05) is 18.2 Å². The van der Waals surface area contributed by atoms with E-state index in [4.69, 9.17) is 0 Å². The molecule has 1 heterocycles. The largest absolute Gasteiger partial charge is 0.351 e. The molecule has 0 aromatic heterocycles. The van der Waals surface area contributed by atoms with Gasteiger partial charge in [0.05, 0.1) is 9.79 Å². The van der Waals surface area contributed by atoms with E-state index in [0.717, 1.165) is 12.8 Å². The summed E-state index contributed by atoms with van der Waals surface area (Å²) in [6, 6.07) is 13.8. The minimum absolute atomic E-state index is 0.00867. The summed E-state index contributed by atoms with van der Waals surface area (Å²) in [4.78, 5) is 12.0. The molecule has 0 atom stereocenters. The van der Waals surface area contributed by atoms with Crippen molar-refractivity contribution in [3.63, 3.8) is 0 Å². The molecule has 10 heteroatoms. The highest BCUT2D eigenvalue weighted by Crippen LogP contribution is 2.22. The molecule has 0 unspecified atom stereocenters. The maximum atomic E-state index is 12.5. The summed E-state index contributed by atoms with van der Waals surface area (Å²) in [6.07, 6.45) is 1.66. The highest BCUT2D eigenvalue weighted by atomic mass is 32.2. The van der Waals surface area contributed by atoms with Crippen LogP contribution in [0.25, 0.3) is 0 Å². The minimum Gasteiger partial charge on any atom is -0.351 e. The van der Waals surface area contributed by atoms with Crippen LogP contribution < -0.4 is 10.0 Å². The van der Waals surface area contributed by atoms with Gasteiger partial charge < -0.3 is 5.32 Å². The van der Waals surface area contributed by atoms with Gasteiger partial charge in [-0.3, -0.25) is 4.79 Å². The fourth-order valence-electron chi connectivity index (χ4n) is 3.00. The number of hydrogen-bond donors (Lipinski definition) is 2. The van der Waals surface area contributed by atoms with Crippen molar-refractivity contribution in [2.24, 2.45) is 0 Å². The third kappa shape index (κ3) is 5.21. The molecule has 156 valence electrons. The quantitative estimate of drug-likeness (QED) is 0.602. The van der Waals surface area contributed by atoms with E-state index < -0.39 is 20.0 Å². The predicted octanol–water partition coefficient (Wildman–Crippen LogP) is 1.18. The lowest BCUT2D eigenvalue weighted by Gasteiger charge is -2.15. The second-order valence-electron chi connectivity index (χ2n) is 6.60. The van der Waals surface area contributed by atoms with Gasteiger partial charge in [-0.05, 0) is 49.2 Å². The molecule has 1 aliphatic rings. The highest BCUT2D eigenvalue weighted by Gasteiger charge is 2.27. The Morgan fingerprint density at radius 2 is 1.41 bits per heavy atom. The summed E-state index contributed by atoms with van der Waals surface area (Å²) in [5, 5.41) is 2.63. The first-order valence-electron chi connectivity index (χ1n) is 9.24. The molecule has 0 bridgehead atoms. The first-order chi connectivity index (χ1) is 13.8. The molecule has 29 heavy (non-hydrogen) atoms. The average molecular weight is 438 g/mol. The van der Waals surface area contributed by atoms with Crippen LogP contribution in [-0.2, 0) is 20.0 Å². The van der Waals surface area contributed by atoms with Crippen LogP contribution in [0.1, 0.15) is 23.2 Å². The van der Waals surface area contributed by atoms with Gasteiger partial charge in [0.2, 0.25) is 20.0 Å². The van der Waals surface area contributed by atoms with Gasteiger partial charge in [0.25, 0.3) is 5.91 Å². The van der Waals surface area contributed by atoms with E-state index in [1.807, 2.05) is 0 Å². The molecule has 1 amide bonds. The maximum absolute atomic E-state index is 12.5. The van der Waals surface area contributed by atoms with Crippen molar-refractivity contribution in [3.05, 3.63) is 60.2 Å². The normalized spacial score (nSPS) is 15.3. The smallest absolute Gasteiger partial charge is 0.251 e. The molecule has 2 aromatic carbocycles. The number of nitrogens with one attached hydrogen (secondary N) is 2. The van der Waals surface area contributed by atoms with Crippen LogP contribution in [0, 0.1) is 0 Å². The zero-order chi connectivity index (χ0) is 20.9. The van der Waals surface area contributed by atoms with Crippen LogP contribution in [0.2, 0.25) is 0 Å². The van der Waals surface area contributed by atoms with E-state index in [1.165, 1.54) is 28.6 Å². The SMILES string of the molecule is O=C(NCCNS(=O)(=O)c1ccc(S(=O)(=O)N2CCCC2)cc1)c1ccccc1. The van der Waals surface area contributed by atoms with Gasteiger partial charge in [0.1, 0.15) is 0 Å². The first kappa shape index (κ1) is 21.4. The van der Waals surface area contributed by atoms with Gasteiger partial charge in [-0.2, -0.15) is 4.31 Å². The van der Waals surface area contributed by atoms with Crippen molar-refractivity contribution < 1.29 is 21.6 Å². The van der Waals surface area contributed by atoms with Gasteiger partial charge in [-0.15, -0.1) is 0 Å². The van der Waals surface area contributed by atoms with Gasteiger partial charge >= 0.3 is 0 Å². The van der Waals surface area contributed by atoms with E-state index in [1.54, 1.807) is 30.3 Å². The Hall–Kier alpha value is -2.27. The number of amides is 1. The Morgan fingerprint density at radius 3 is 2.03 bits per heavy atom. The molecular weight excluding hydrogens is 414 g/mol. The predicted molar refractivity (Wildman–Crippen MR) is 108 cm³/mol. The summed E-state index contributed by atoms with van der Waals surface area (Å²) in [5.41, 5.74) is 0.491. The van der Waals surface area contributed by atoms with Crippen molar-refractivity contribution in [2.45, 2.75) is 22.6 Å². The Morgan fingerprint density at radius 1 is 0.828 bits per heavy atom. The summed E-state index contributed by atoms with van der Waals surface area (Å²) in [6.45, 7) is 1.10. The van der Waals surface area contributed by atoms with Crippen molar-refractivity contribution in [2.75, 3.05) is 26.2 Å². The third-order valence-electron chi connectivity index (χ3n) is 4.58. The number of carbonyl (C=O) groups excluding carboxylic acids is 1. The average Bonchev–Trinajstić information content (AvgIpc) is 3.28. The molecule has 0 saturated carbocycles. The Balaban J connectivity index is 1.56. The zero-order valence-corrected chi connectivity index (χ0v) is 17.4. The number of rotatable bonds is 8. The molecular formula is C19H23N3O5S2. The lowest BCUT2D eigenvalue weighted by Crippen LogP contribution is -2.34. The van der Waals surface area contributed by atoms with Crippen LogP contribution in [0.3, 0.4) is 0 Å². The summed E-state index contributed by atoms with van der Waals surface area (Å²) < 4.78 is 53.6. The van der Waals surface area contributed by atoms with Crippen molar-refractivity contribution >= 4 is 26.0 Å². The monoisotopic (exact) mass is 437 g/mol. The van der Waals surface area contributed by atoms with E-state index in [0.29, 0.717) is 18.7 Å². The standard InChI is InChI=1S/C19H23N3O5S2/c23-19(16-6-2-1-3-7-16)20-12-13-21-28(24,25)17-8-10-18(11-9-17)29(26,27)22-14-4-5-15-22/h1-3,6-11,21H,4-5,12-15H2,(H,20,23). The second kappa shape index (κ2) is 9.04. The van der Waals surface area contributed by atoms with Gasteiger partial charge in [0.15, 0.2) is 0 Å². The fourth-order valence-corrected chi connectivity index (χ4v) is 5.55. The molecule has 2 N–H and O–H groups in total. The summed E-state index contributed by atoms with van der Waals surface area (Å²) in [5.74, 6) is -0.290. The number of sulfonamides is 2. The summed E-state index contributed by atoms with van der Waals surface area (Å²) >= 11 is 0. The van der Waals surface area contributed by atoms with Crippen LogP contribution in [-0.4, -0.2) is 53.2 Å². The van der Waals surface area contributed by atoms with Crippen LogP contribution >= 0.6 is 0 Å². The maximum Gasteiger partial charge on any atom is 0.251 e. The van der Waals surface area contributed by atoms with E-state index >= 15 is 0 Å². The van der Waals surface area contributed by atoms with E-state index in [9.17, 15) is 21.6 Å². The van der Waals surface area contributed by atoms with Crippen molar-refractivity contribution in [1.82, 2.24) is 14.3 Å². The highest BCUT2D eigenvalue weighted by molar-refractivity contribution is 7.89. The molecule has 1 saturated heterocycles. The Labute approximate surface area is 171 Å². The second-order valence-corrected chi connectivity index (χ2v) is 10.3. The number of hydrogen-bond acceptors (Lipinski definition) is 5. The van der Waals surface area contributed by atoms with Crippen molar-refractivity contribution in [3.8, 4) is 0 Å². The van der Waals surface area contributed by atoms with E-state index in [-0.39, 0.29) is 28.8 Å². The molecule has 1 aliphatic heterocycles. The van der Waals surface area contributed by atoms with Crippen LogP contribution in [0.5, 0.6) is 0 Å². The fraction of sp³-hybridized carbons (Fsp3) is 0.316. The number of benzene rings is 2. The lowest BCUT2D eigenvalue weighted by atomic mass is 10.2. The molecule has 0 spiro atoms. The third-order valence-corrected chi connectivity index (χ3v) is 7.97. The summed E-state index contributed by atoms with van der Waals surface area (Å²) in [7, 11) is -7.40. The Bertz CT molecular complexity index is 1050. The molecule has 0 radical (unpaired) electrons. The zero-order valence-electron chi connectivity index (χ0n) is 15.7. The van der Waals surface area contributed by atoms with Crippen LogP contribution in [0.15, 0.2) is 64.4 Å².